The lowest BCUT2D eigenvalue weighted by molar-refractivity contribution is 0.103. The first-order chi connectivity index (χ1) is 9.34. The van der Waals surface area contributed by atoms with Crippen LogP contribution >= 0.6 is 0 Å². The predicted octanol–water partition coefficient (Wildman–Crippen LogP) is 2.98. The van der Waals surface area contributed by atoms with Crippen LogP contribution in [0.3, 0.4) is 0 Å². The number of fused-ring (bicyclic) bond motifs is 1. The highest BCUT2D eigenvalue weighted by Crippen LogP contribution is 2.33. The molecule has 1 fully saturated rings. The maximum Gasteiger partial charge on any atom is 0.0632 e. The normalized spacial score (nSPS) is 22.5. The summed E-state index contributed by atoms with van der Waals surface area (Å²) in [7, 11) is 0. The zero-order chi connectivity index (χ0) is 13.1. The van der Waals surface area contributed by atoms with Crippen molar-refractivity contribution < 1.29 is 4.74 Å². The summed E-state index contributed by atoms with van der Waals surface area (Å²) in [5.41, 5.74) is 9.81. The molecule has 2 N–H and O–H groups in total. The van der Waals surface area contributed by atoms with E-state index in [2.05, 4.69) is 17.0 Å². The van der Waals surface area contributed by atoms with E-state index in [9.17, 15) is 0 Å². The summed E-state index contributed by atoms with van der Waals surface area (Å²) in [6, 6.07) is 6.32. The smallest absolute Gasteiger partial charge is 0.0632 e. The van der Waals surface area contributed by atoms with Crippen molar-refractivity contribution in [2.45, 2.75) is 44.6 Å². The number of hydrogen-bond acceptors (Lipinski definition) is 3. The Labute approximate surface area is 115 Å². The van der Waals surface area contributed by atoms with Gasteiger partial charge < -0.3 is 15.4 Å². The molecule has 0 radical (unpaired) electrons. The van der Waals surface area contributed by atoms with Gasteiger partial charge in [0.2, 0.25) is 0 Å². The summed E-state index contributed by atoms with van der Waals surface area (Å²) >= 11 is 0. The van der Waals surface area contributed by atoms with E-state index in [1.165, 1.54) is 49.8 Å². The number of para-hydroxylation sites is 1. The highest BCUT2D eigenvalue weighted by molar-refractivity contribution is 5.72. The van der Waals surface area contributed by atoms with E-state index in [1.807, 2.05) is 6.07 Å². The Morgan fingerprint density at radius 3 is 3.11 bits per heavy atom. The van der Waals surface area contributed by atoms with Crippen LogP contribution in [-0.2, 0) is 11.2 Å². The van der Waals surface area contributed by atoms with Gasteiger partial charge in [0, 0.05) is 19.7 Å². The first kappa shape index (κ1) is 12.8. The monoisotopic (exact) mass is 260 g/mol. The van der Waals surface area contributed by atoms with Crippen LogP contribution in [0.2, 0.25) is 0 Å². The molecular formula is C16H24N2O. The van der Waals surface area contributed by atoms with E-state index < -0.39 is 0 Å². The van der Waals surface area contributed by atoms with Gasteiger partial charge in [0.05, 0.1) is 17.5 Å². The number of benzene rings is 1. The molecule has 1 atom stereocenters. The van der Waals surface area contributed by atoms with Crippen LogP contribution in [0, 0.1) is 0 Å². The van der Waals surface area contributed by atoms with Crippen LogP contribution in [-0.4, -0.2) is 25.8 Å². The summed E-state index contributed by atoms with van der Waals surface area (Å²) in [4.78, 5) is 2.48. The standard InChI is InChI=1S/C16H24N2O/c17-15-9-1-5-13-6-2-10-18(16(13)15)11-3-7-14-8-4-12-19-14/h1,5,9,14H,2-4,6-8,10-12,17H2. The number of rotatable bonds is 4. The number of aryl methyl sites for hydroxylation is 1. The molecule has 2 aliphatic rings. The molecule has 104 valence electrons. The van der Waals surface area contributed by atoms with E-state index in [1.54, 1.807) is 0 Å². The average Bonchev–Trinajstić information content (AvgIpc) is 2.92. The van der Waals surface area contributed by atoms with Crippen LogP contribution in [0.1, 0.15) is 37.7 Å². The van der Waals surface area contributed by atoms with Crippen LogP contribution < -0.4 is 10.6 Å². The molecule has 1 unspecified atom stereocenters. The molecule has 1 saturated heterocycles. The minimum absolute atomic E-state index is 0.511. The number of nitrogen functional groups attached to an aromatic ring is 1. The van der Waals surface area contributed by atoms with Crippen molar-refractivity contribution in [3.05, 3.63) is 23.8 Å². The maximum atomic E-state index is 6.16. The summed E-state index contributed by atoms with van der Waals surface area (Å²) in [5, 5.41) is 0. The van der Waals surface area contributed by atoms with E-state index in [0.29, 0.717) is 6.10 Å². The van der Waals surface area contributed by atoms with Crippen LogP contribution in [0.4, 0.5) is 11.4 Å². The SMILES string of the molecule is Nc1cccc2c1N(CCCC1CCCO1)CCC2. The molecule has 3 rings (SSSR count). The van der Waals surface area contributed by atoms with Gasteiger partial charge in [-0.2, -0.15) is 0 Å². The van der Waals surface area contributed by atoms with Crippen molar-refractivity contribution in [2.75, 3.05) is 30.3 Å². The Morgan fingerprint density at radius 2 is 2.26 bits per heavy atom. The topological polar surface area (TPSA) is 38.5 Å². The van der Waals surface area contributed by atoms with Gasteiger partial charge in [0.15, 0.2) is 0 Å². The molecular weight excluding hydrogens is 236 g/mol. The van der Waals surface area contributed by atoms with E-state index in [4.69, 9.17) is 10.5 Å². The minimum Gasteiger partial charge on any atom is -0.397 e. The number of nitrogens with two attached hydrogens (primary N) is 1. The van der Waals surface area contributed by atoms with Gasteiger partial charge in [-0.3, -0.25) is 0 Å². The molecule has 3 nitrogen and oxygen atoms in total. The fourth-order valence-electron chi connectivity index (χ4n) is 3.38. The Morgan fingerprint density at radius 1 is 1.32 bits per heavy atom. The molecule has 0 saturated carbocycles. The van der Waals surface area contributed by atoms with Gasteiger partial charge in [-0.05, 0) is 50.2 Å². The molecule has 2 heterocycles. The van der Waals surface area contributed by atoms with Crippen molar-refractivity contribution in [3.8, 4) is 0 Å². The molecule has 2 aliphatic heterocycles. The lowest BCUT2D eigenvalue weighted by Gasteiger charge is -2.32. The number of ether oxygens (including phenoxy) is 1. The Bertz CT molecular complexity index is 427. The van der Waals surface area contributed by atoms with Crippen molar-refractivity contribution in [1.29, 1.82) is 0 Å². The number of nitrogens with zero attached hydrogens (tertiary/aromatic N) is 1. The molecule has 3 heteroatoms. The lowest BCUT2D eigenvalue weighted by Crippen LogP contribution is -2.31. The molecule has 1 aromatic rings. The first-order valence-electron chi connectivity index (χ1n) is 7.58. The minimum atomic E-state index is 0.511. The fraction of sp³-hybridized carbons (Fsp3) is 0.625. The largest absolute Gasteiger partial charge is 0.397 e. The fourth-order valence-corrected chi connectivity index (χ4v) is 3.38. The van der Waals surface area contributed by atoms with Crippen LogP contribution in [0.25, 0.3) is 0 Å². The van der Waals surface area contributed by atoms with Gasteiger partial charge in [0.1, 0.15) is 0 Å². The molecule has 19 heavy (non-hydrogen) atoms. The van der Waals surface area contributed by atoms with Crippen molar-refractivity contribution >= 4 is 11.4 Å². The van der Waals surface area contributed by atoms with Gasteiger partial charge in [0.25, 0.3) is 0 Å². The molecule has 0 bridgehead atoms. The van der Waals surface area contributed by atoms with Crippen molar-refractivity contribution in [2.24, 2.45) is 0 Å². The quantitative estimate of drug-likeness (QED) is 0.846. The van der Waals surface area contributed by atoms with Gasteiger partial charge in [-0.1, -0.05) is 12.1 Å². The van der Waals surface area contributed by atoms with E-state index in [-0.39, 0.29) is 0 Å². The molecule has 1 aromatic carbocycles. The molecule has 0 aromatic heterocycles. The summed E-state index contributed by atoms with van der Waals surface area (Å²) in [6.07, 6.45) is 7.82. The predicted molar refractivity (Wildman–Crippen MR) is 79.6 cm³/mol. The van der Waals surface area contributed by atoms with Crippen molar-refractivity contribution in [1.82, 2.24) is 0 Å². The van der Waals surface area contributed by atoms with Gasteiger partial charge in [-0.15, -0.1) is 0 Å². The third kappa shape index (κ3) is 2.86. The Balaban J connectivity index is 1.60. The second-order valence-corrected chi connectivity index (χ2v) is 5.72. The number of hydrogen-bond donors (Lipinski definition) is 1. The zero-order valence-corrected chi connectivity index (χ0v) is 11.6. The summed E-state index contributed by atoms with van der Waals surface area (Å²) < 4.78 is 5.69. The van der Waals surface area contributed by atoms with Crippen LogP contribution in [0.15, 0.2) is 18.2 Å². The second kappa shape index (κ2) is 5.83. The third-order valence-electron chi connectivity index (χ3n) is 4.32. The third-order valence-corrected chi connectivity index (χ3v) is 4.32. The van der Waals surface area contributed by atoms with Crippen molar-refractivity contribution in [3.63, 3.8) is 0 Å². The maximum absolute atomic E-state index is 6.16. The van der Waals surface area contributed by atoms with Gasteiger partial charge >= 0.3 is 0 Å². The average molecular weight is 260 g/mol. The molecule has 0 amide bonds. The zero-order valence-electron chi connectivity index (χ0n) is 11.6. The second-order valence-electron chi connectivity index (χ2n) is 5.72. The molecule has 0 aliphatic carbocycles. The Kier molecular flexibility index (Phi) is 3.92. The molecule has 0 spiro atoms. The summed E-state index contributed by atoms with van der Waals surface area (Å²) in [6.45, 7) is 3.22. The van der Waals surface area contributed by atoms with Crippen LogP contribution in [0.5, 0.6) is 0 Å². The Hall–Kier alpha value is -1.22. The number of anilines is 2. The van der Waals surface area contributed by atoms with Gasteiger partial charge in [-0.25, -0.2) is 0 Å². The highest BCUT2D eigenvalue weighted by Gasteiger charge is 2.20. The van der Waals surface area contributed by atoms with E-state index >= 15 is 0 Å². The highest BCUT2D eigenvalue weighted by atomic mass is 16.5. The first-order valence-corrected chi connectivity index (χ1v) is 7.58. The van der Waals surface area contributed by atoms with E-state index in [0.717, 1.165) is 25.4 Å². The lowest BCUT2D eigenvalue weighted by atomic mass is 10.00. The summed E-state index contributed by atoms with van der Waals surface area (Å²) in [5.74, 6) is 0.